The molecule has 1 aromatic carbocycles. The molecule has 0 aliphatic carbocycles. The Morgan fingerprint density at radius 3 is 3.08 bits per heavy atom. The molecule has 0 saturated heterocycles. The number of anilines is 1. The van der Waals surface area contributed by atoms with Crippen molar-refractivity contribution < 1.29 is 4.74 Å². The predicted octanol–water partition coefficient (Wildman–Crippen LogP) is 2.85. The molecule has 0 spiro atoms. The summed E-state index contributed by atoms with van der Waals surface area (Å²) in [5.74, 6) is 2.18. The van der Waals surface area contributed by atoms with Crippen LogP contribution in [0.4, 0.5) is 5.69 Å². The maximum Gasteiger partial charge on any atom is 0.193 e. The average Bonchev–Trinajstić information content (AvgIpc) is 2.97. The van der Waals surface area contributed by atoms with Crippen molar-refractivity contribution in [2.45, 2.75) is 32.2 Å². The first-order chi connectivity index (χ1) is 11.7. The van der Waals surface area contributed by atoms with Gasteiger partial charge in [0.2, 0.25) is 0 Å². The summed E-state index contributed by atoms with van der Waals surface area (Å²) in [5.41, 5.74) is 7.78. The molecule has 1 aromatic heterocycles. The van der Waals surface area contributed by atoms with Crippen LogP contribution in [0.15, 0.2) is 29.4 Å². The molecule has 7 heteroatoms. The van der Waals surface area contributed by atoms with Gasteiger partial charge in [-0.25, -0.2) is 4.98 Å². The summed E-state index contributed by atoms with van der Waals surface area (Å²) < 4.78 is 7.38. The lowest BCUT2D eigenvalue weighted by Crippen LogP contribution is -2.23. The molecule has 128 valence electrons. The third-order valence-corrected chi connectivity index (χ3v) is 4.33. The molecular formula is C17H22ClN5O. The van der Waals surface area contributed by atoms with E-state index >= 15 is 0 Å². The second kappa shape index (κ2) is 7.57. The van der Waals surface area contributed by atoms with Gasteiger partial charge in [0.15, 0.2) is 5.96 Å². The van der Waals surface area contributed by atoms with Crippen molar-refractivity contribution in [1.82, 2.24) is 9.55 Å². The van der Waals surface area contributed by atoms with E-state index in [1.807, 2.05) is 6.07 Å². The molecule has 0 atom stereocenters. The molecule has 3 N–H and O–H groups in total. The van der Waals surface area contributed by atoms with Crippen LogP contribution in [0.2, 0.25) is 5.02 Å². The topological polar surface area (TPSA) is 77.5 Å². The minimum absolute atomic E-state index is 0.361. The van der Waals surface area contributed by atoms with E-state index in [-0.39, 0.29) is 0 Å². The van der Waals surface area contributed by atoms with Crippen LogP contribution in [-0.4, -0.2) is 29.2 Å². The van der Waals surface area contributed by atoms with E-state index in [9.17, 15) is 0 Å². The first-order valence-corrected chi connectivity index (χ1v) is 8.49. The van der Waals surface area contributed by atoms with Crippen molar-refractivity contribution in [2.24, 2.45) is 10.7 Å². The number of aryl methyl sites for hydroxylation is 2. The number of nitrogens with two attached hydrogens (primary N) is 1. The highest BCUT2D eigenvalue weighted by Gasteiger charge is 2.11. The number of halogens is 1. The fraction of sp³-hybridized carbons (Fsp3) is 0.412. The predicted molar refractivity (Wildman–Crippen MR) is 97.0 cm³/mol. The van der Waals surface area contributed by atoms with Crippen molar-refractivity contribution in [3.05, 3.63) is 40.9 Å². The number of nitrogens with one attached hydrogen (secondary N) is 1. The van der Waals surface area contributed by atoms with Gasteiger partial charge in [-0.3, -0.25) is 4.99 Å². The highest BCUT2D eigenvalue weighted by atomic mass is 35.5. The Balaban J connectivity index is 1.54. The second-order valence-corrected chi connectivity index (χ2v) is 6.20. The number of hydrogen-bond donors (Lipinski definition) is 2. The number of aromatic nitrogens is 2. The molecular weight excluding hydrogens is 326 g/mol. The second-order valence-electron chi connectivity index (χ2n) is 5.79. The normalized spacial score (nSPS) is 14.3. The Bertz CT molecular complexity index is 717. The van der Waals surface area contributed by atoms with Gasteiger partial charge < -0.3 is 20.4 Å². The van der Waals surface area contributed by atoms with E-state index < -0.39 is 0 Å². The number of imidazole rings is 1. The quantitative estimate of drug-likeness (QED) is 0.644. The van der Waals surface area contributed by atoms with Gasteiger partial charge in [-0.05, 0) is 31.0 Å². The van der Waals surface area contributed by atoms with E-state index in [1.54, 1.807) is 19.2 Å². The first-order valence-electron chi connectivity index (χ1n) is 8.11. The Morgan fingerprint density at radius 1 is 1.46 bits per heavy atom. The average molecular weight is 348 g/mol. The number of hydrogen-bond acceptors (Lipinski definition) is 3. The molecule has 0 unspecified atom stereocenters. The minimum atomic E-state index is 0.361. The maximum atomic E-state index is 6.09. The number of rotatable bonds is 5. The molecule has 2 aromatic rings. The third-order valence-electron chi connectivity index (χ3n) is 4.03. The molecule has 0 saturated carbocycles. The smallest absolute Gasteiger partial charge is 0.193 e. The zero-order chi connectivity index (χ0) is 16.9. The van der Waals surface area contributed by atoms with Crippen LogP contribution in [-0.2, 0) is 19.4 Å². The number of benzene rings is 1. The summed E-state index contributed by atoms with van der Waals surface area (Å²) in [5, 5.41) is 3.56. The van der Waals surface area contributed by atoms with Gasteiger partial charge in [0.25, 0.3) is 0 Å². The Kier molecular flexibility index (Phi) is 5.25. The number of ether oxygens (including phenoxy) is 1. The molecule has 2 heterocycles. The molecule has 6 nitrogen and oxygen atoms in total. The summed E-state index contributed by atoms with van der Waals surface area (Å²) >= 11 is 6.09. The molecule has 0 bridgehead atoms. The van der Waals surface area contributed by atoms with E-state index in [2.05, 4.69) is 26.1 Å². The summed E-state index contributed by atoms with van der Waals surface area (Å²) in [6, 6.07) is 5.39. The summed E-state index contributed by atoms with van der Waals surface area (Å²) in [7, 11) is 1.58. The van der Waals surface area contributed by atoms with Gasteiger partial charge in [0.1, 0.15) is 11.6 Å². The first kappa shape index (κ1) is 16.6. The fourth-order valence-corrected chi connectivity index (χ4v) is 3.07. The minimum Gasteiger partial charge on any atom is -0.495 e. The highest BCUT2D eigenvalue weighted by molar-refractivity contribution is 6.32. The van der Waals surface area contributed by atoms with Crippen molar-refractivity contribution in [3.63, 3.8) is 0 Å². The van der Waals surface area contributed by atoms with E-state index in [4.69, 9.17) is 22.1 Å². The standard InChI is InChI=1S/C17H22ClN5O/c1-24-15-6-5-12(10-14(15)18)22-17(19)20-8-7-13-11-23-9-3-2-4-16(23)21-13/h5-6,10-11H,2-4,7-9H2,1H3,(H3,19,20,22). The molecule has 3 rings (SSSR count). The lowest BCUT2D eigenvalue weighted by atomic mass is 10.2. The van der Waals surface area contributed by atoms with Gasteiger partial charge in [0, 0.05) is 37.8 Å². The van der Waals surface area contributed by atoms with Gasteiger partial charge in [-0.1, -0.05) is 11.6 Å². The van der Waals surface area contributed by atoms with Crippen LogP contribution >= 0.6 is 11.6 Å². The number of aliphatic imine (C=N–C) groups is 1. The van der Waals surface area contributed by atoms with Crippen LogP contribution in [0.3, 0.4) is 0 Å². The van der Waals surface area contributed by atoms with Crippen LogP contribution in [0, 0.1) is 0 Å². The van der Waals surface area contributed by atoms with E-state index in [0.29, 0.717) is 23.3 Å². The summed E-state index contributed by atoms with van der Waals surface area (Å²) in [4.78, 5) is 9.02. The van der Waals surface area contributed by atoms with Gasteiger partial charge in [-0.2, -0.15) is 0 Å². The van der Waals surface area contributed by atoms with E-state index in [0.717, 1.165) is 30.8 Å². The molecule has 0 amide bonds. The SMILES string of the molecule is COc1ccc(NC(N)=NCCc2cn3c(n2)CCCC3)cc1Cl. The number of guanidine groups is 1. The zero-order valence-corrected chi connectivity index (χ0v) is 14.5. The Morgan fingerprint density at radius 2 is 2.33 bits per heavy atom. The van der Waals surface area contributed by atoms with Crippen LogP contribution < -0.4 is 15.8 Å². The summed E-state index contributed by atoms with van der Waals surface area (Å²) in [6.45, 7) is 1.67. The largest absolute Gasteiger partial charge is 0.495 e. The zero-order valence-electron chi connectivity index (χ0n) is 13.8. The Labute approximate surface area is 146 Å². The number of nitrogens with zero attached hydrogens (tertiary/aromatic N) is 3. The van der Waals surface area contributed by atoms with Gasteiger partial charge in [-0.15, -0.1) is 0 Å². The summed E-state index contributed by atoms with van der Waals surface area (Å²) in [6.07, 6.45) is 6.46. The van der Waals surface area contributed by atoms with Crippen LogP contribution in [0.25, 0.3) is 0 Å². The third kappa shape index (κ3) is 4.00. The molecule has 0 fully saturated rings. The van der Waals surface area contributed by atoms with Crippen molar-refractivity contribution in [3.8, 4) is 5.75 Å². The van der Waals surface area contributed by atoms with Crippen LogP contribution in [0.5, 0.6) is 5.75 Å². The highest BCUT2D eigenvalue weighted by Crippen LogP contribution is 2.27. The molecule has 0 radical (unpaired) electrons. The van der Waals surface area contributed by atoms with Crippen LogP contribution in [0.1, 0.15) is 24.4 Å². The fourth-order valence-electron chi connectivity index (χ4n) is 2.81. The van der Waals surface area contributed by atoms with Crippen molar-refractivity contribution >= 4 is 23.2 Å². The Hall–Kier alpha value is -2.21. The molecule has 1 aliphatic heterocycles. The number of fused-ring (bicyclic) bond motifs is 1. The van der Waals surface area contributed by atoms with Gasteiger partial charge >= 0.3 is 0 Å². The van der Waals surface area contributed by atoms with Gasteiger partial charge in [0.05, 0.1) is 17.8 Å². The lowest BCUT2D eigenvalue weighted by Gasteiger charge is -2.11. The molecule has 1 aliphatic rings. The van der Waals surface area contributed by atoms with Crippen molar-refractivity contribution in [1.29, 1.82) is 0 Å². The lowest BCUT2D eigenvalue weighted by molar-refractivity contribution is 0.415. The monoisotopic (exact) mass is 347 g/mol. The molecule has 24 heavy (non-hydrogen) atoms. The van der Waals surface area contributed by atoms with Crippen molar-refractivity contribution in [2.75, 3.05) is 19.0 Å². The number of methoxy groups -OCH3 is 1. The van der Waals surface area contributed by atoms with E-state index in [1.165, 1.54) is 18.7 Å². The maximum absolute atomic E-state index is 6.09.